The number of aliphatic hydroxyl groups excluding tert-OH is 1. The molecule has 1 amide bonds. The second-order valence-corrected chi connectivity index (χ2v) is 4.54. The van der Waals surface area contributed by atoms with Gasteiger partial charge in [0.25, 0.3) is 5.91 Å². The third-order valence-corrected chi connectivity index (χ3v) is 3.24. The van der Waals surface area contributed by atoms with Crippen molar-refractivity contribution in [2.75, 3.05) is 26.7 Å². The number of β-amino-alcohol motifs (C(OH)–C–C–N with tert-alkyl or cyclic N) is 1. The van der Waals surface area contributed by atoms with Crippen molar-refractivity contribution >= 4 is 18.3 Å². The molecule has 20 heavy (non-hydrogen) atoms. The van der Waals surface area contributed by atoms with E-state index in [0.717, 1.165) is 6.07 Å². The van der Waals surface area contributed by atoms with Gasteiger partial charge in [-0.1, -0.05) is 0 Å². The lowest BCUT2D eigenvalue weighted by molar-refractivity contribution is 0.0923. The number of methoxy groups -OCH3 is 1. The maximum Gasteiger partial charge on any atom is 0.255 e. The van der Waals surface area contributed by atoms with E-state index in [0.29, 0.717) is 25.4 Å². The number of amides is 1. The number of carbonyl (C=O) groups is 1. The minimum atomic E-state index is -0.492. The van der Waals surface area contributed by atoms with Crippen molar-refractivity contribution in [3.05, 3.63) is 29.6 Å². The summed E-state index contributed by atoms with van der Waals surface area (Å²) in [5.41, 5.74) is 0.156. The van der Waals surface area contributed by atoms with Crippen molar-refractivity contribution < 1.29 is 19.0 Å². The van der Waals surface area contributed by atoms with Crippen LogP contribution in [0, 0.1) is 11.7 Å². The molecule has 2 rings (SSSR count). The maximum absolute atomic E-state index is 13.2. The Kier molecular flexibility index (Phi) is 6.19. The Hall–Kier alpha value is -1.37. The molecule has 1 saturated heterocycles. The van der Waals surface area contributed by atoms with Crippen LogP contribution in [0.2, 0.25) is 0 Å². The van der Waals surface area contributed by atoms with Gasteiger partial charge in [-0.05, 0) is 18.2 Å². The van der Waals surface area contributed by atoms with Gasteiger partial charge >= 0.3 is 0 Å². The van der Waals surface area contributed by atoms with Gasteiger partial charge in [-0.2, -0.15) is 0 Å². The fourth-order valence-electron chi connectivity index (χ4n) is 2.10. The molecule has 1 aliphatic heterocycles. The third kappa shape index (κ3) is 3.82. The number of halogens is 2. The van der Waals surface area contributed by atoms with Crippen LogP contribution < -0.4 is 15.4 Å². The Labute approximate surface area is 122 Å². The molecule has 1 aromatic rings. The molecule has 1 aromatic carbocycles. The fourth-order valence-corrected chi connectivity index (χ4v) is 2.10. The van der Waals surface area contributed by atoms with Crippen molar-refractivity contribution in [2.45, 2.75) is 6.10 Å². The number of benzene rings is 1. The Morgan fingerprint density at radius 1 is 1.55 bits per heavy atom. The van der Waals surface area contributed by atoms with Gasteiger partial charge in [-0.25, -0.2) is 4.39 Å². The molecule has 1 aliphatic rings. The Morgan fingerprint density at radius 2 is 2.30 bits per heavy atom. The van der Waals surface area contributed by atoms with E-state index in [2.05, 4.69) is 10.6 Å². The van der Waals surface area contributed by atoms with Crippen molar-refractivity contribution in [3.63, 3.8) is 0 Å². The molecular formula is C13H18ClFN2O3. The molecule has 2 unspecified atom stereocenters. The van der Waals surface area contributed by atoms with E-state index in [1.54, 1.807) is 0 Å². The summed E-state index contributed by atoms with van der Waals surface area (Å²) in [5, 5.41) is 15.3. The number of hydrogen-bond donors (Lipinski definition) is 3. The lowest BCUT2D eigenvalue weighted by atomic mass is 10.1. The minimum Gasteiger partial charge on any atom is -0.496 e. The first-order chi connectivity index (χ1) is 9.11. The summed E-state index contributed by atoms with van der Waals surface area (Å²) in [6, 6.07) is 3.79. The third-order valence-electron chi connectivity index (χ3n) is 3.24. The molecule has 3 N–H and O–H groups in total. The first-order valence-corrected chi connectivity index (χ1v) is 6.12. The van der Waals surface area contributed by atoms with Crippen LogP contribution in [0.15, 0.2) is 18.2 Å². The number of ether oxygens (including phenoxy) is 1. The molecule has 0 saturated carbocycles. The minimum absolute atomic E-state index is 0. The first kappa shape index (κ1) is 16.7. The van der Waals surface area contributed by atoms with Crippen molar-refractivity contribution in [1.29, 1.82) is 0 Å². The van der Waals surface area contributed by atoms with Gasteiger partial charge in [0.1, 0.15) is 11.6 Å². The summed E-state index contributed by atoms with van der Waals surface area (Å²) in [6.07, 6.45) is -0.463. The predicted molar refractivity (Wildman–Crippen MR) is 74.9 cm³/mol. The first-order valence-electron chi connectivity index (χ1n) is 6.12. The van der Waals surface area contributed by atoms with Crippen LogP contribution in [0.3, 0.4) is 0 Å². The summed E-state index contributed by atoms with van der Waals surface area (Å²) >= 11 is 0. The molecule has 0 radical (unpaired) electrons. The lowest BCUT2D eigenvalue weighted by Crippen LogP contribution is -2.34. The summed E-state index contributed by atoms with van der Waals surface area (Å²) in [5.74, 6) is -0.600. The van der Waals surface area contributed by atoms with E-state index in [9.17, 15) is 14.3 Å². The van der Waals surface area contributed by atoms with E-state index in [1.165, 1.54) is 19.2 Å². The van der Waals surface area contributed by atoms with Crippen LogP contribution in [0.5, 0.6) is 5.75 Å². The zero-order valence-electron chi connectivity index (χ0n) is 11.1. The smallest absolute Gasteiger partial charge is 0.255 e. The SMILES string of the molecule is COc1ccc(F)cc1C(=O)NCC1CNCC1O.Cl. The van der Waals surface area contributed by atoms with Gasteiger partial charge in [-0.15, -0.1) is 12.4 Å². The average molecular weight is 305 g/mol. The average Bonchev–Trinajstić information content (AvgIpc) is 2.81. The highest BCUT2D eigenvalue weighted by Crippen LogP contribution is 2.19. The molecule has 112 valence electrons. The summed E-state index contributed by atoms with van der Waals surface area (Å²) in [6.45, 7) is 1.53. The molecule has 0 aliphatic carbocycles. The van der Waals surface area contributed by atoms with E-state index in [4.69, 9.17) is 4.74 Å². The highest BCUT2D eigenvalue weighted by atomic mass is 35.5. The highest BCUT2D eigenvalue weighted by Gasteiger charge is 2.25. The van der Waals surface area contributed by atoms with Crippen LogP contribution in [0.25, 0.3) is 0 Å². The van der Waals surface area contributed by atoms with Crippen molar-refractivity contribution in [1.82, 2.24) is 10.6 Å². The van der Waals surface area contributed by atoms with E-state index < -0.39 is 17.8 Å². The quantitative estimate of drug-likeness (QED) is 0.760. The largest absolute Gasteiger partial charge is 0.496 e. The van der Waals surface area contributed by atoms with Crippen LogP contribution in [-0.4, -0.2) is 43.9 Å². The monoisotopic (exact) mass is 304 g/mol. The van der Waals surface area contributed by atoms with Crippen molar-refractivity contribution in [3.8, 4) is 5.75 Å². The topological polar surface area (TPSA) is 70.6 Å². The summed E-state index contributed by atoms with van der Waals surface area (Å²) < 4.78 is 18.2. The summed E-state index contributed by atoms with van der Waals surface area (Å²) in [7, 11) is 1.43. The molecule has 1 fully saturated rings. The molecular weight excluding hydrogens is 287 g/mol. The molecule has 7 heteroatoms. The number of rotatable bonds is 4. The number of hydrogen-bond acceptors (Lipinski definition) is 4. The van der Waals surface area contributed by atoms with E-state index in [-0.39, 0.29) is 23.9 Å². The second-order valence-electron chi connectivity index (χ2n) is 4.54. The van der Waals surface area contributed by atoms with Crippen LogP contribution in [0.4, 0.5) is 4.39 Å². The van der Waals surface area contributed by atoms with Gasteiger partial charge in [-0.3, -0.25) is 4.79 Å². The van der Waals surface area contributed by atoms with Crippen LogP contribution >= 0.6 is 12.4 Å². The second kappa shape index (κ2) is 7.42. The van der Waals surface area contributed by atoms with Gasteiger partial charge in [0.15, 0.2) is 0 Å². The Bertz CT molecular complexity index is 473. The Balaban J connectivity index is 0.00000200. The zero-order valence-corrected chi connectivity index (χ0v) is 11.9. The standard InChI is InChI=1S/C13H17FN2O3.ClH/c1-19-12-3-2-9(14)4-10(12)13(18)16-6-8-5-15-7-11(8)17;/h2-4,8,11,15,17H,5-7H2,1H3,(H,16,18);1H. The molecule has 1 heterocycles. The normalized spacial score (nSPS) is 21.1. The molecule has 5 nitrogen and oxygen atoms in total. The zero-order chi connectivity index (χ0) is 13.8. The molecule has 2 atom stereocenters. The number of carbonyl (C=O) groups excluding carboxylic acids is 1. The summed E-state index contributed by atoms with van der Waals surface area (Å²) in [4.78, 5) is 12.0. The molecule has 0 aromatic heterocycles. The predicted octanol–water partition coefficient (Wildman–Crippen LogP) is 0.566. The lowest BCUT2D eigenvalue weighted by Gasteiger charge is -2.15. The molecule has 0 bridgehead atoms. The van der Waals surface area contributed by atoms with Gasteiger partial charge in [0, 0.05) is 25.6 Å². The maximum atomic E-state index is 13.2. The van der Waals surface area contributed by atoms with Gasteiger partial charge in [0.05, 0.1) is 18.8 Å². The van der Waals surface area contributed by atoms with Gasteiger partial charge in [0.2, 0.25) is 0 Å². The Morgan fingerprint density at radius 3 is 2.90 bits per heavy atom. The van der Waals surface area contributed by atoms with Crippen LogP contribution in [-0.2, 0) is 0 Å². The van der Waals surface area contributed by atoms with E-state index in [1.807, 2.05) is 0 Å². The fraction of sp³-hybridized carbons (Fsp3) is 0.462. The van der Waals surface area contributed by atoms with Gasteiger partial charge < -0.3 is 20.5 Å². The molecule has 0 spiro atoms. The highest BCUT2D eigenvalue weighted by molar-refractivity contribution is 5.96. The van der Waals surface area contributed by atoms with Crippen molar-refractivity contribution in [2.24, 2.45) is 5.92 Å². The number of nitrogens with one attached hydrogen (secondary N) is 2. The number of aliphatic hydroxyl groups is 1. The van der Waals surface area contributed by atoms with Crippen LogP contribution in [0.1, 0.15) is 10.4 Å². The van der Waals surface area contributed by atoms with E-state index >= 15 is 0 Å².